The fourth-order valence-corrected chi connectivity index (χ4v) is 2.27. The Hall–Kier alpha value is -1.57. The van der Waals surface area contributed by atoms with Crippen molar-refractivity contribution in [2.24, 2.45) is 0 Å². The van der Waals surface area contributed by atoms with Crippen molar-refractivity contribution in [2.45, 2.75) is 39.3 Å². The van der Waals surface area contributed by atoms with E-state index in [1.165, 1.54) is 24.6 Å². The van der Waals surface area contributed by atoms with Crippen molar-refractivity contribution in [3.05, 3.63) is 22.7 Å². The van der Waals surface area contributed by atoms with Gasteiger partial charge in [-0.05, 0) is 28.9 Å². The van der Waals surface area contributed by atoms with Gasteiger partial charge in [0, 0.05) is 13.8 Å². The van der Waals surface area contributed by atoms with E-state index in [0.717, 1.165) is 6.92 Å². The Bertz CT molecular complexity index is 682. The lowest BCUT2D eigenvalue weighted by molar-refractivity contribution is -0.142. The highest BCUT2D eigenvalue weighted by atomic mass is 79.9. The molecule has 5 nitrogen and oxygen atoms in total. The van der Waals surface area contributed by atoms with Gasteiger partial charge < -0.3 is 9.30 Å². The van der Waals surface area contributed by atoms with Crippen molar-refractivity contribution in [2.75, 3.05) is 0 Å². The monoisotopic (exact) mass is 361 g/mol. The molecule has 2 rings (SSSR count). The van der Waals surface area contributed by atoms with Gasteiger partial charge in [-0.3, -0.25) is 4.79 Å². The summed E-state index contributed by atoms with van der Waals surface area (Å²) in [6, 6.07) is 0.476. The van der Waals surface area contributed by atoms with Crippen LogP contribution in [0.1, 0.15) is 32.6 Å². The molecule has 0 aromatic carbocycles. The molecule has 21 heavy (non-hydrogen) atoms. The molecule has 0 amide bonds. The van der Waals surface area contributed by atoms with Crippen molar-refractivity contribution in [3.63, 3.8) is 0 Å². The van der Waals surface area contributed by atoms with Gasteiger partial charge in [0.05, 0.1) is 17.8 Å². The first-order valence-electron chi connectivity index (χ1n) is 6.23. The number of hydrogen-bond donors (Lipinski definition) is 0. The number of ether oxygens (including phenoxy) is 1. The van der Waals surface area contributed by atoms with Gasteiger partial charge in [-0.25, -0.2) is 18.7 Å². The van der Waals surface area contributed by atoms with Crippen molar-refractivity contribution >= 4 is 32.9 Å². The van der Waals surface area contributed by atoms with Crippen LogP contribution in [0.15, 0.2) is 16.9 Å². The first-order chi connectivity index (χ1) is 9.70. The molecule has 0 bridgehead atoms. The van der Waals surface area contributed by atoms with E-state index in [-0.39, 0.29) is 12.4 Å². The predicted octanol–water partition coefficient (Wildman–Crippen LogP) is 3.47. The minimum atomic E-state index is -2.95. The van der Waals surface area contributed by atoms with Gasteiger partial charge in [0.2, 0.25) is 0 Å². The van der Waals surface area contributed by atoms with E-state index < -0.39 is 17.9 Å². The Kier molecular flexibility index (Phi) is 4.27. The first-order valence-corrected chi connectivity index (χ1v) is 7.03. The first kappa shape index (κ1) is 15.8. The third-order valence-corrected chi connectivity index (χ3v) is 3.57. The van der Waals surface area contributed by atoms with Crippen LogP contribution in [-0.2, 0) is 16.1 Å². The van der Waals surface area contributed by atoms with Crippen LogP contribution < -0.4 is 0 Å². The highest BCUT2D eigenvalue weighted by molar-refractivity contribution is 9.10. The number of halogens is 3. The Morgan fingerprint density at radius 3 is 2.81 bits per heavy atom. The summed E-state index contributed by atoms with van der Waals surface area (Å²) in [4.78, 5) is 19.2. The van der Waals surface area contributed by atoms with Crippen LogP contribution >= 0.6 is 15.9 Å². The van der Waals surface area contributed by atoms with E-state index in [0.29, 0.717) is 15.6 Å². The molecule has 2 heterocycles. The number of aromatic nitrogens is 3. The molecule has 2 aromatic heterocycles. The smallest absolute Gasteiger partial charge is 0.303 e. The predicted molar refractivity (Wildman–Crippen MR) is 76.0 cm³/mol. The summed E-state index contributed by atoms with van der Waals surface area (Å²) in [5.74, 6) is -3.19. The molecule has 8 heteroatoms. The fourth-order valence-electron chi connectivity index (χ4n) is 1.95. The summed E-state index contributed by atoms with van der Waals surface area (Å²) < 4.78 is 34.2. The van der Waals surface area contributed by atoms with E-state index in [2.05, 4.69) is 25.9 Å². The van der Waals surface area contributed by atoms with E-state index in [4.69, 9.17) is 4.74 Å². The zero-order chi connectivity index (χ0) is 15.8. The van der Waals surface area contributed by atoms with E-state index >= 15 is 0 Å². The number of carbonyl (C=O) groups excluding carboxylic acids is 1. The number of fused-ring (bicyclic) bond motifs is 1. The molecule has 0 aliphatic heterocycles. The van der Waals surface area contributed by atoms with E-state index in [1.807, 2.05) is 0 Å². The quantitative estimate of drug-likeness (QED) is 0.617. The second kappa shape index (κ2) is 5.67. The van der Waals surface area contributed by atoms with E-state index in [9.17, 15) is 13.6 Å². The van der Waals surface area contributed by atoms with Crippen molar-refractivity contribution < 1.29 is 18.3 Å². The highest BCUT2D eigenvalue weighted by Gasteiger charge is 2.34. The van der Waals surface area contributed by atoms with Crippen LogP contribution in [0, 0.1) is 0 Å². The van der Waals surface area contributed by atoms with Crippen LogP contribution in [-0.4, -0.2) is 26.4 Å². The molecule has 1 atom stereocenters. The van der Waals surface area contributed by atoms with Crippen molar-refractivity contribution in [1.29, 1.82) is 0 Å². The Labute approximate surface area is 128 Å². The topological polar surface area (TPSA) is 57.0 Å². The van der Waals surface area contributed by atoms with Crippen LogP contribution in [0.2, 0.25) is 0 Å². The van der Waals surface area contributed by atoms with Crippen LogP contribution in [0.25, 0.3) is 11.0 Å². The molecule has 0 aliphatic rings. The molecular weight excluding hydrogens is 348 g/mol. The Morgan fingerprint density at radius 2 is 2.24 bits per heavy atom. The molecule has 0 saturated carbocycles. The normalized spacial score (nSPS) is 13.4. The summed E-state index contributed by atoms with van der Waals surface area (Å²) in [6.45, 7) is 3.33. The third-order valence-electron chi connectivity index (χ3n) is 3.14. The average Bonchev–Trinajstić information content (AvgIpc) is 2.71. The maximum Gasteiger partial charge on any atom is 0.303 e. The maximum absolute atomic E-state index is 13.7. The minimum Gasteiger partial charge on any atom is -0.458 e. The minimum absolute atomic E-state index is 0.165. The summed E-state index contributed by atoms with van der Waals surface area (Å²) in [5, 5.41) is 0. The lowest BCUT2D eigenvalue weighted by Crippen LogP contribution is -2.26. The van der Waals surface area contributed by atoms with Gasteiger partial charge in [-0.1, -0.05) is 0 Å². The van der Waals surface area contributed by atoms with Gasteiger partial charge in [0.1, 0.15) is 22.6 Å². The number of hydrogen-bond acceptors (Lipinski definition) is 4. The zero-order valence-electron chi connectivity index (χ0n) is 11.7. The van der Waals surface area contributed by atoms with Gasteiger partial charge in [0.25, 0.3) is 5.92 Å². The average molecular weight is 362 g/mol. The molecule has 0 radical (unpaired) electrons. The van der Waals surface area contributed by atoms with Gasteiger partial charge >= 0.3 is 5.97 Å². The van der Waals surface area contributed by atoms with Crippen LogP contribution in [0.3, 0.4) is 0 Å². The maximum atomic E-state index is 13.7. The number of nitrogens with zero attached hydrogens (tertiary/aromatic N) is 3. The second-order valence-corrected chi connectivity index (χ2v) is 5.62. The molecular formula is C13H14BrF2N3O2. The fraction of sp³-hybridized carbons (Fsp3) is 0.462. The van der Waals surface area contributed by atoms with Gasteiger partial charge in [-0.2, -0.15) is 0 Å². The largest absolute Gasteiger partial charge is 0.458 e. The Morgan fingerprint density at radius 1 is 1.57 bits per heavy atom. The second-order valence-electron chi connectivity index (χ2n) is 4.81. The molecule has 114 valence electrons. The van der Waals surface area contributed by atoms with Crippen LogP contribution in [0.4, 0.5) is 8.78 Å². The lowest BCUT2D eigenvalue weighted by atomic mass is 10.2. The van der Waals surface area contributed by atoms with Crippen molar-refractivity contribution in [3.8, 4) is 0 Å². The molecule has 0 spiro atoms. The Balaban J connectivity index is 2.58. The van der Waals surface area contributed by atoms with Gasteiger partial charge in [-0.15, -0.1) is 0 Å². The summed E-state index contributed by atoms with van der Waals surface area (Å²) in [6.07, 6.45) is 1.48. The highest BCUT2D eigenvalue weighted by Crippen LogP contribution is 2.33. The third kappa shape index (κ3) is 3.37. The molecule has 0 aliphatic carbocycles. The lowest BCUT2D eigenvalue weighted by Gasteiger charge is -2.23. The summed E-state index contributed by atoms with van der Waals surface area (Å²) in [5.41, 5.74) is 0.976. The van der Waals surface area contributed by atoms with Gasteiger partial charge in [0.15, 0.2) is 0 Å². The molecule has 1 unspecified atom stereocenters. The number of carbonyl (C=O) groups is 1. The molecule has 0 N–H and O–H groups in total. The number of rotatable bonds is 4. The number of imidazole rings is 1. The molecule has 0 saturated heterocycles. The number of esters is 1. The molecule has 2 aromatic rings. The number of alkyl halides is 2. The standard InChI is InChI=1S/C13H14BrF2N3O2/c1-7(13(3,15)16)19-10-4-11(14)17-5-9(10)18-12(19)6-21-8(2)20/h4-5,7H,6H2,1-3H3. The zero-order valence-corrected chi connectivity index (χ0v) is 13.3. The SMILES string of the molecule is CC(=O)OCc1nc2cnc(Br)cc2n1C(C)C(C)(F)F. The van der Waals surface area contributed by atoms with Crippen molar-refractivity contribution in [1.82, 2.24) is 14.5 Å². The molecule has 0 fully saturated rings. The van der Waals surface area contributed by atoms with Crippen LogP contribution in [0.5, 0.6) is 0 Å². The number of pyridine rings is 1. The van der Waals surface area contributed by atoms with E-state index in [1.54, 1.807) is 6.07 Å². The summed E-state index contributed by atoms with van der Waals surface area (Å²) >= 11 is 3.21. The summed E-state index contributed by atoms with van der Waals surface area (Å²) in [7, 11) is 0.